The molecular formula is C32H31N3O2S2. The van der Waals surface area contributed by atoms with Gasteiger partial charge < -0.3 is 4.74 Å². The number of aromatic nitrogens is 2. The Kier molecular flexibility index (Phi) is 8.59. The van der Waals surface area contributed by atoms with Crippen LogP contribution in [0.25, 0.3) is 23.0 Å². The summed E-state index contributed by atoms with van der Waals surface area (Å²) in [6.07, 6.45) is 7.02. The molecule has 0 bridgehead atoms. The number of para-hydroxylation sites is 1. The van der Waals surface area contributed by atoms with Gasteiger partial charge in [0.05, 0.1) is 16.3 Å². The number of carbonyl (C=O) groups excluding carboxylic acids is 1. The van der Waals surface area contributed by atoms with Crippen molar-refractivity contribution in [3.8, 4) is 22.7 Å². The molecule has 0 N–H and O–H groups in total. The van der Waals surface area contributed by atoms with E-state index in [4.69, 9.17) is 22.1 Å². The van der Waals surface area contributed by atoms with Crippen LogP contribution in [0.1, 0.15) is 42.9 Å². The summed E-state index contributed by atoms with van der Waals surface area (Å²) in [7, 11) is 0. The molecule has 39 heavy (non-hydrogen) atoms. The molecule has 0 saturated carbocycles. The van der Waals surface area contributed by atoms with Gasteiger partial charge in [-0.05, 0) is 61.4 Å². The maximum Gasteiger partial charge on any atom is 0.266 e. The molecule has 1 amide bonds. The molecule has 4 aromatic rings. The number of rotatable bonds is 10. The number of thioether (sulfide) groups is 1. The van der Waals surface area contributed by atoms with Crippen molar-refractivity contribution in [2.75, 3.05) is 6.54 Å². The van der Waals surface area contributed by atoms with Gasteiger partial charge in [0.1, 0.15) is 16.7 Å². The van der Waals surface area contributed by atoms with E-state index in [0.717, 1.165) is 53.1 Å². The first kappa shape index (κ1) is 26.9. The maximum atomic E-state index is 13.2. The summed E-state index contributed by atoms with van der Waals surface area (Å²) >= 11 is 6.91. The second-order valence-corrected chi connectivity index (χ2v) is 11.2. The Morgan fingerprint density at radius 3 is 2.44 bits per heavy atom. The Bertz CT molecular complexity index is 1480. The van der Waals surface area contributed by atoms with Crippen LogP contribution in [0.2, 0.25) is 0 Å². The molecule has 198 valence electrons. The molecule has 1 aliphatic heterocycles. The van der Waals surface area contributed by atoms with Gasteiger partial charge in [-0.25, -0.2) is 4.68 Å². The van der Waals surface area contributed by atoms with Crippen LogP contribution >= 0.6 is 24.0 Å². The second-order valence-electron chi connectivity index (χ2n) is 9.55. The van der Waals surface area contributed by atoms with Crippen molar-refractivity contribution in [3.05, 3.63) is 107 Å². The minimum Gasteiger partial charge on any atom is -0.489 e. The molecule has 1 aliphatic rings. The first-order chi connectivity index (χ1) is 19.0. The first-order valence-electron chi connectivity index (χ1n) is 13.2. The Balaban J connectivity index is 1.41. The Morgan fingerprint density at radius 1 is 0.974 bits per heavy atom. The third-order valence-corrected chi connectivity index (χ3v) is 7.94. The van der Waals surface area contributed by atoms with E-state index in [1.807, 2.05) is 71.6 Å². The number of amides is 1. The third kappa shape index (κ3) is 6.49. The SMILES string of the molecule is CCCCCN1C(=O)/C(=C/c2cn(-c3ccccc3)nc2-c2ccc(OCc3ccc(C)cc3)cc2)SC1=S. The molecular weight excluding hydrogens is 523 g/mol. The van der Waals surface area contributed by atoms with Crippen molar-refractivity contribution >= 4 is 40.3 Å². The predicted octanol–water partition coefficient (Wildman–Crippen LogP) is 7.82. The van der Waals surface area contributed by atoms with Crippen LogP contribution in [-0.4, -0.2) is 31.5 Å². The monoisotopic (exact) mass is 553 g/mol. The van der Waals surface area contributed by atoms with Crippen molar-refractivity contribution in [3.63, 3.8) is 0 Å². The van der Waals surface area contributed by atoms with E-state index >= 15 is 0 Å². The normalized spacial score (nSPS) is 14.4. The van der Waals surface area contributed by atoms with Gasteiger partial charge in [-0.15, -0.1) is 0 Å². The van der Waals surface area contributed by atoms with Crippen LogP contribution in [0.15, 0.2) is 90.0 Å². The number of benzene rings is 3. The highest BCUT2D eigenvalue weighted by molar-refractivity contribution is 8.26. The molecule has 5 rings (SSSR count). The fraction of sp³-hybridized carbons (Fsp3) is 0.219. The molecule has 0 unspecified atom stereocenters. The van der Waals surface area contributed by atoms with Gasteiger partial charge in [-0.1, -0.05) is 91.8 Å². The predicted molar refractivity (Wildman–Crippen MR) is 164 cm³/mol. The van der Waals surface area contributed by atoms with E-state index in [2.05, 4.69) is 38.1 Å². The largest absolute Gasteiger partial charge is 0.489 e. The molecule has 0 spiro atoms. The van der Waals surface area contributed by atoms with Gasteiger partial charge in [-0.3, -0.25) is 9.69 Å². The number of aryl methyl sites for hydroxylation is 1. The average molecular weight is 554 g/mol. The number of nitrogens with zero attached hydrogens (tertiary/aromatic N) is 3. The molecule has 1 saturated heterocycles. The quantitative estimate of drug-likeness (QED) is 0.114. The third-order valence-electron chi connectivity index (χ3n) is 6.56. The number of hydrogen-bond donors (Lipinski definition) is 0. The van der Waals surface area contributed by atoms with Crippen molar-refractivity contribution < 1.29 is 9.53 Å². The first-order valence-corrected chi connectivity index (χ1v) is 14.4. The van der Waals surface area contributed by atoms with Gasteiger partial charge in [0.25, 0.3) is 5.91 Å². The van der Waals surface area contributed by atoms with E-state index in [1.165, 1.54) is 17.3 Å². The lowest BCUT2D eigenvalue weighted by atomic mass is 10.1. The summed E-state index contributed by atoms with van der Waals surface area (Å²) in [6.45, 7) is 5.40. The molecule has 0 radical (unpaired) electrons. The fourth-order valence-corrected chi connectivity index (χ4v) is 5.64. The number of thiocarbonyl (C=S) groups is 1. The zero-order valence-corrected chi connectivity index (χ0v) is 23.8. The molecule has 0 aliphatic carbocycles. The summed E-state index contributed by atoms with van der Waals surface area (Å²) in [5, 5.41) is 4.91. The number of carbonyl (C=O) groups is 1. The van der Waals surface area contributed by atoms with Crippen LogP contribution in [0.5, 0.6) is 5.75 Å². The van der Waals surface area contributed by atoms with Crippen LogP contribution in [0, 0.1) is 6.92 Å². The Labute approximate surface area is 239 Å². The fourth-order valence-electron chi connectivity index (χ4n) is 4.34. The van der Waals surface area contributed by atoms with Crippen molar-refractivity contribution in [1.29, 1.82) is 0 Å². The van der Waals surface area contributed by atoms with Gasteiger partial charge in [0.15, 0.2) is 0 Å². The van der Waals surface area contributed by atoms with Crippen LogP contribution in [0.4, 0.5) is 0 Å². The maximum absolute atomic E-state index is 13.2. The second kappa shape index (κ2) is 12.5. The molecule has 2 heterocycles. The summed E-state index contributed by atoms with van der Waals surface area (Å²) in [4.78, 5) is 15.6. The summed E-state index contributed by atoms with van der Waals surface area (Å²) in [5.74, 6) is 0.760. The van der Waals surface area contributed by atoms with E-state index in [1.54, 1.807) is 4.90 Å². The number of unbranched alkanes of at least 4 members (excludes halogenated alkanes) is 2. The highest BCUT2D eigenvalue weighted by Gasteiger charge is 2.32. The molecule has 0 atom stereocenters. The molecule has 7 heteroatoms. The van der Waals surface area contributed by atoms with Gasteiger partial charge in [-0.2, -0.15) is 5.10 Å². The molecule has 3 aromatic carbocycles. The lowest BCUT2D eigenvalue weighted by molar-refractivity contribution is -0.122. The molecule has 1 aromatic heterocycles. The minimum atomic E-state index is -0.0284. The van der Waals surface area contributed by atoms with Crippen molar-refractivity contribution in [2.24, 2.45) is 0 Å². The summed E-state index contributed by atoms with van der Waals surface area (Å²) in [6, 6.07) is 26.2. The van der Waals surface area contributed by atoms with Crippen LogP contribution in [-0.2, 0) is 11.4 Å². The van der Waals surface area contributed by atoms with E-state index in [9.17, 15) is 4.79 Å². The standard InChI is InChI=1S/C32H31N3O2S2/c1-3-4-8-19-34-31(36)29(39-32(34)38)20-26-21-35(27-9-6-5-7-10-27)33-30(26)25-15-17-28(18-16-25)37-22-24-13-11-23(2)12-14-24/h5-7,9-18,20-21H,3-4,8,19,22H2,1-2H3/b29-20-. The molecule has 1 fully saturated rings. The Morgan fingerprint density at radius 2 is 1.72 bits per heavy atom. The lowest BCUT2D eigenvalue weighted by Gasteiger charge is -2.13. The summed E-state index contributed by atoms with van der Waals surface area (Å²) in [5.41, 5.74) is 5.90. The smallest absolute Gasteiger partial charge is 0.266 e. The van der Waals surface area contributed by atoms with E-state index < -0.39 is 0 Å². The average Bonchev–Trinajstić information content (AvgIpc) is 3.50. The topological polar surface area (TPSA) is 47.4 Å². The van der Waals surface area contributed by atoms with E-state index in [0.29, 0.717) is 22.4 Å². The lowest BCUT2D eigenvalue weighted by Crippen LogP contribution is -2.28. The van der Waals surface area contributed by atoms with Crippen LogP contribution < -0.4 is 4.74 Å². The number of hydrogen-bond acceptors (Lipinski definition) is 5. The number of ether oxygens (including phenoxy) is 1. The van der Waals surface area contributed by atoms with Crippen molar-refractivity contribution in [1.82, 2.24) is 14.7 Å². The zero-order chi connectivity index (χ0) is 27.2. The highest BCUT2D eigenvalue weighted by Crippen LogP contribution is 2.35. The van der Waals surface area contributed by atoms with Gasteiger partial charge >= 0.3 is 0 Å². The minimum absolute atomic E-state index is 0.0284. The van der Waals surface area contributed by atoms with Gasteiger partial charge in [0, 0.05) is 23.9 Å². The Hall–Kier alpha value is -3.68. The van der Waals surface area contributed by atoms with Crippen LogP contribution in [0.3, 0.4) is 0 Å². The van der Waals surface area contributed by atoms with E-state index in [-0.39, 0.29) is 5.91 Å². The highest BCUT2D eigenvalue weighted by atomic mass is 32.2. The zero-order valence-electron chi connectivity index (χ0n) is 22.2. The van der Waals surface area contributed by atoms with Gasteiger partial charge in [0.2, 0.25) is 0 Å². The molecule has 5 nitrogen and oxygen atoms in total. The van der Waals surface area contributed by atoms with Crippen molar-refractivity contribution in [2.45, 2.75) is 39.7 Å². The summed E-state index contributed by atoms with van der Waals surface area (Å²) < 4.78 is 8.48.